The zero-order valence-corrected chi connectivity index (χ0v) is 5.31. The van der Waals surface area contributed by atoms with Gasteiger partial charge < -0.3 is 5.32 Å². The van der Waals surface area contributed by atoms with E-state index in [-0.39, 0.29) is 0 Å². The van der Waals surface area contributed by atoms with Crippen molar-refractivity contribution in [2.24, 2.45) is 0 Å². The maximum absolute atomic E-state index is 9.80. The van der Waals surface area contributed by atoms with Crippen molar-refractivity contribution in [3.63, 3.8) is 0 Å². The predicted octanol–water partition coefficient (Wildman–Crippen LogP) is 1.10. The molecule has 1 radical (unpaired) electrons. The molecule has 2 heteroatoms. The minimum atomic E-state index is 1.01. The van der Waals surface area contributed by atoms with Gasteiger partial charge >= 0.3 is 6.41 Å². The summed E-state index contributed by atoms with van der Waals surface area (Å²) in [7, 11) is 0. The van der Waals surface area contributed by atoms with Crippen molar-refractivity contribution < 1.29 is 4.79 Å². The highest BCUT2D eigenvalue weighted by molar-refractivity contribution is 5.50. The molecule has 1 amide bonds. The summed E-state index contributed by atoms with van der Waals surface area (Å²) in [4.78, 5) is 9.80. The summed E-state index contributed by atoms with van der Waals surface area (Å²) in [6.45, 7) is 0. The largest absolute Gasteiger partial charge is 0.322 e. The Kier molecular flexibility index (Phi) is 2.31. The molecule has 1 aliphatic rings. The Morgan fingerprint density at radius 1 is 1.56 bits per heavy atom. The second-order valence-electron chi connectivity index (χ2n) is 2.20. The van der Waals surface area contributed by atoms with Gasteiger partial charge in [-0.1, -0.05) is 6.08 Å². The fourth-order valence-corrected chi connectivity index (χ4v) is 1.02. The topological polar surface area (TPSA) is 29.1 Å². The Balaban J connectivity index is 2.36. The predicted molar refractivity (Wildman–Crippen MR) is 35.4 cm³/mol. The Hall–Kier alpha value is -0.790. The van der Waals surface area contributed by atoms with E-state index in [2.05, 4.69) is 11.4 Å². The third kappa shape index (κ3) is 1.88. The molecule has 1 rings (SSSR count). The van der Waals surface area contributed by atoms with E-state index in [1.54, 1.807) is 6.41 Å². The summed E-state index contributed by atoms with van der Waals surface area (Å²) in [5, 5.41) is 2.54. The van der Waals surface area contributed by atoms with Crippen LogP contribution in [0, 0.1) is 0 Å². The monoisotopic (exact) mass is 124 g/mol. The molecular weight excluding hydrogens is 114 g/mol. The van der Waals surface area contributed by atoms with Crippen molar-refractivity contribution in [2.75, 3.05) is 0 Å². The Labute approximate surface area is 54.9 Å². The van der Waals surface area contributed by atoms with Crippen LogP contribution in [0.2, 0.25) is 0 Å². The van der Waals surface area contributed by atoms with E-state index in [1.165, 1.54) is 12.8 Å². The van der Waals surface area contributed by atoms with Crippen molar-refractivity contribution in [3.8, 4) is 0 Å². The zero-order chi connectivity index (χ0) is 6.53. The molecule has 1 N–H and O–H groups in total. The van der Waals surface area contributed by atoms with E-state index in [4.69, 9.17) is 0 Å². The number of hydrogen-bond acceptors (Lipinski definition) is 1. The third-order valence-electron chi connectivity index (χ3n) is 1.50. The second kappa shape index (κ2) is 3.28. The summed E-state index contributed by atoms with van der Waals surface area (Å²) in [5.41, 5.74) is 1.04. The lowest BCUT2D eigenvalue weighted by molar-refractivity contribution is 0.544. The van der Waals surface area contributed by atoms with E-state index < -0.39 is 0 Å². The van der Waals surface area contributed by atoms with Crippen molar-refractivity contribution in [1.29, 1.82) is 0 Å². The van der Waals surface area contributed by atoms with Gasteiger partial charge in [-0.2, -0.15) is 0 Å². The number of rotatable bonds is 2. The van der Waals surface area contributed by atoms with Crippen LogP contribution in [0.4, 0.5) is 0 Å². The molecule has 0 heterocycles. The highest BCUT2D eigenvalue weighted by Crippen LogP contribution is 2.13. The third-order valence-corrected chi connectivity index (χ3v) is 1.50. The van der Waals surface area contributed by atoms with E-state index in [9.17, 15) is 4.79 Å². The molecule has 0 bridgehead atoms. The summed E-state index contributed by atoms with van der Waals surface area (Å²) >= 11 is 0. The zero-order valence-electron chi connectivity index (χ0n) is 5.31. The van der Waals surface area contributed by atoms with Crippen LogP contribution in [0.5, 0.6) is 0 Å². The standard InChI is InChI=1S/C7H10NO/c9-6-8-7-4-2-1-3-5-7/h4H,1-3,5H2,(H,8,9). The van der Waals surface area contributed by atoms with Crippen LogP contribution >= 0.6 is 0 Å². The number of carbonyl (C=O) groups excluding carboxylic acids is 1. The fraction of sp³-hybridized carbons (Fsp3) is 0.571. The van der Waals surface area contributed by atoms with Crippen LogP contribution in [0.25, 0.3) is 0 Å². The van der Waals surface area contributed by atoms with E-state index in [0.29, 0.717) is 0 Å². The number of allylic oxidation sites excluding steroid dienone is 2. The lowest BCUT2D eigenvalue weighted by Gasteiger charge is -2.09. The first kappa shape index (κ1) is 6.33. The molecule has 0 aromatic rings. The molecule has 0 aliphatic heterocycles. The number of nitrogens with one attached hydrogen (secondary N) is 1. The van der Waals surface area contributed by atoms with Gasteiger partial charge in [0.25, 0.3) is 0 Å². The fourth-order valence-electron chi connectivity index (χ4n) is 1.02. The van der Waals surface area contributed by atoms with Gasteiger partial charge in [-0.25, -0.2) is 0 Å². The van der Waals surface area contributed by atoms with Crippen molar-refractivity contribution in [3.05, 3.63) is 11.8 Å². The van der Waals surface area contributed by atoms with Crippen LogP contribution < -0.4 is 5.32 Å². The van der Waals surface area contributed by atoms with E-state index >= 15 is 0 Å². The first-order chi connectivity index (χ1) is 4.43. The smallest absolute Gasteiger partial charge is 0.313 e. The Morgan fingerprint density at radius 2 is 2.44 bits per heavy atom. The van der Waals surface area contributed by atoms with Gasteiger partial charge in [-0.15, -0.1) is 0 Å². The average molecular weight is 124 g/mol. The maximum Gasteiger partial charge on any atom is 0.313 e. The summed E-state index contributed by atoms with van der Waals surface area (Å²) in [6, 6.07) is 0. The molecule has 49 valence electrons. The van der Waals surface area contributed by atoms with Crippen molar-refractivity contribution in [2.45, 2.75) is 25.7 Å². The lowest BCUT2D eigenvalue weighted by atomic mass is 10.1. The molecule has 0 unspecified atom stereocenters. The SMILES string of the molecule is O=[C]NC1=CCCCC1. The highest BCUT2D eigenvalue weighted by Gasteiger charge is 2.00. The van der Waals surface area contributed by atoms with Crippen LogP contribution in [0.3, 0.4) is 0 Å². The molecule has 0 saturated heterocycles. The first-order valence-corrected chi connectivity index (χ1v) is 3.25. The first-order valence-electron chi connectivity index (χ1n) is 3.25. The van der Waals surface area contributed by atoms with Crippen LogP contribution in [0.1, 0.15) is 25.7 Å². The lowest BCUT2D eigenvalue weighted by Crippen LogP contribution is -2.11. The Bertz CT molecular complexity index is 129. The van der Waals surface area contributed by atoms with Crippen LogP contribution in [0.15, 0.2) is 11.8 Å². The average Bonchev–Trinajstić information content (AvgIpc) is 1.91. The summed E-state index contributed by atoms with van der Waals surface area (Å²) < 4.78 is 0. The van der Waals surface area contributed by atoms with E-state index in [1.807, 2.05) is 0 Å². The van der Waals surface area contributed by atoms with Gasteiger partial charge in [0.15, 0.2) is 0 Å². The molecule has 0 atom stereocenters. The molecular formula is C7H10NO. The molecule has 0 fully saturated rings. The Morgan fingerprint density at radius 3 is 3.00 bits per heavy atom. The highest BCUT2D eigenvalue weighted by atomic mass is 16.1. The van der Waals surface area contributed by atoms with Crippen LogP contribution in [-0.2, 0) is 4.79 Å². The normalized spacial score (nSPS) is 18.4. The minimum Gasteiger partial charge on any atom is -0.322 e. The molecule has 0 aromatic heterocycles. The van der Waals surface area contributed by atoms with Gasteiger partial charge in [0.1, 0.15) is 0 Å². The van der Waals surface area contributed by atoms with Gasteiger partial charge in [0.05, 0.1) is 0 Å². The molecule has 0 spiro atoms. The van der Waals surface area contributed by atoms with Gasteiger partial charge in [0, 0.05) is 5.70 Å². The number of hydrogen-bond donors (Lipinski definition) is 1. The van der Waals surface area contributed by atoms with E-state index in [0.717, 1.165) is 18.5 Å². The quantitative estimate of drug-likeness (QED) is 0.549. The minimum absolute atomic E-state index is 1.01. The molecule has 0 saturated carbocycles. The molecule has 2 nitrogen and oxygen atoms in total. The van der Waals surface area contributed by atoms with Gasteiger partial charge in [-0.05, 0) is 25.7 Å². The van der Waals surface area contributed by atoms with Gasteiger partial charge in [0.2, 0.25) is 0 Å². The van der Waals surface area contributed by atoms with Gasteiger partial charge in [-0.3, -0.25) is 4.79 Å². The molecule has 9 heavy (non-hydrogen) atoms. The molecule has 1 aliphatic carbocycles. The maximum atomic E-state index is 9.80. The molecule has 0 aromatic carbocycles. The summed E-state index contributed by atoms with van der Waals surface area (Å²) in [5.74, 6) is 0. The number of amides is 1. The second-order valence-corrected chi connectivity index (χ2v) is 2.20. The van der Waals surface area contributed by atoms with Crippen molar-refractivity contribution >= 4 is 6.41 Å². The van der Waals surface area contributed by atoms with Crippen molar-refractivity contribution in [1.82, 2.24) is 5.32 Å². The summed E-state index contributed by atoms with van der Waals surface area (Å²) in [6.07, 6.45) is 8.29. The van der Waals surface area contributed by atoms with Crippen LogP contribution in [-0.4, -0.2) is 6.41 Å².